The van der Waals surface area contributed by atoms with Crippen molar-refractivity contribution in [1.29, 1.82) is 0 Å². The smallest absolute Gasteiger partial charge is 0.223 e. The van der Waals surface area contributed by atoms with E-state index in [4.69, 9.17) is 4.74 Å². The summed E-state index contributed by atoms with van der Waals surface area (Å²) in [7, 11) is 1.64. The molecular weight excluding hydrogens is 216 g/mol. The number of hydrogen-bond donors (Lipinski definition) is 2. The molecule has 1 rings (SSSR count). The molecule has 1 aliphatic heterocycles. The molecule has 0 spiro atoms. The molecule has 1 saturated heterocycles. The highest BCUT2D eigenvalue weighted by molar-refractivity contribution is 5.85. The van der Waals surface area contributed by atoms with Crippen molar-refractivity contribution in [2.75, 3.05) is 26.8 Å². The summed E-state index contributed by atoms with van der Waals surface area (Å²) in [5.74, 6) is 0.360. The molecule has 0 bridgehead atoms. The number of methoxy groups -OCH3 is 1. The van der Waals surface area contributed by atoms with Gasteiger partial charge in [-0.15, -0.1) is 12.4 Å². The third kappa shape index (κ3) is 5.35. The Balaban J connectivity index is 0.00000196. The lowest BCUT2D eigenvalue weighted by atomic mass is 9.92. The van der Waals surface area contributed by atoms with Crippen molar-refractivity contribution in [1.82, 2.24) is 10.6 Å². The molecule has 1 heterocycles. The summed E-state index contributed by atoms with van der Waals surface area (Å²) in [6.07, 6.45) is 1.89. The van der Waals surface area contributed by atoms with Gasteiger partial charge in [-0.1, -0.05) is 0 Å². The quantitative estimate of drug-likeness (QED) is 0.702. The van der Waals surface area contributed by atoms with Gasteiger partial charge in [-0.3, -0.25) is 4.79 Å². The summed E-state index contributed by atoms with van der Waals surface area (Å²) in [6, 6.07) is 0.460. The summed E-state index contributed by atoms with van der Waals surface area (Å²) < 4.78 is 4.87. The number of ether oxygens (including phenoxy) is 1. The number of rotatable bonds is 4. The molecule has 0 unspecified atom stereocenters. The molecule has 0 saturated carbocycles. The normalized spacial score (nSPS) is 25.5. The zero-order valence-corrected chi connectivity index (χ0v) is 10.2. The van der Waals surface area contributed by atoms with Gasteiger partial charge in [-0.25, -0.2) is 0 Å². The Morgan fingerprint density at radius 3 is 2.93 bits per heavy atom. The van der Waals surface area contributed by atoms with Gasteiger partial charge in [0, 0.05) is 25.6 Å². The lowest BCUT2D eigenvalue weighted by Gasteiger charge is -2.27. The van der Waals surface area contributed by atoms with Gasteiger partial charge in [0.25, 0.3) is 0 Å². The lowest BCUT2D eigenvalue weighted by molar-refractivity contribution is -0.126. The fraction of sp³-hybridized carbons (Fsp3) is 0.900. The van der Waals surface area contributed by atoms with Crippen LogP contribution in [0, 0.1) is 5.92 Å². The van der Waals surface area contributed by atoms with Crippen LogP contribution in [0.1, 0.15) is 19.8 Å². The maximum atomic E-state index is 11.6. The Morgan fingerprint density at radius 2 is 2.33 bits per heavy atom. The maximum absolute atomic E-state index is 11.6. The number of amides is 1. The Kier molecular flexibility index (Phi) is 7.74. The number of halogens is 1. The molecule has 2 atom stereocenters. The standard InChI is InChI=1S/C10H20N2O2.ClH/c1-8-7-9(3-4-11-8)10(13)12-5-6-14-2;/h8-9,11H,3-7H2,1-2H3,(H,12,13);1H/t8-,9-;/m0./s1. The third-order valence-electron chi connectivity index (χ3n) is 2.60. The van der Waals surface area contributed by atoms with Crippen molar-refractivity contribution in [2.45, 2.75) is 25.8 Å². The largest absolute Gasteiger partial charge is 0.383 e. The SMILES string of the molecule is COCCNC(=O)[C@H]1CCN[C@@H](C)C1.Cl. The van der Waals surface area contributed by atoms with Gasteiger partial charge in [0.05, 0.1) is 6.61 Å². The van der Waals surface area contributed by atoms with Crippen LogP contribution in [0.25, 0.3) is 0 Å². The Morgan fingerprint density at radius 1 is 1.60 bits per heavy atom. The second-order valence-corrected chi connectivity index (χ2v) is 3.86. The van der Waals surface area contributed by atoms with Crippen LogP contribution in [0.2, 0.25) is 0 Å². The third-order valence-corrected chi connectivity index (χ3v) is 2.60. The molecule has 0 aliphatic carbocycles. The molecule has 1 aliphatic rings. The highest BCUT2D eigenvalue weighted by atomic mass is 35.5. The Bertz CT molecular complexity index is 190. The number of hydrogen-bond acceptors (Lipinski definition) is 3. The molecule has 15 heavy (non-hydrogen) atoms. The van der Waals surface area contributed by atoms with Crippen molar-refractivity contribution in [3.8, 4) is 0 Å². The molecule has 0 aromatic heterocycles. The first-order valence-corrected chi connectivity index (χ1v) is 5.24. The zero-order valence-electron chi connectivity index (χ0n) is 9.41. The van der Waals surface area contributed by atoms with Gasteiger partial charge in [0.2, 0.25) is 5.91 Å². The number of carbonyl (C=O) groups excluding carboxylic acids is 1. The second kappa shape index (κ2) is 7.91. The minimum Gasteiger partial charge on any atom is -0.383 e. The molecule has 1 amide bonds. The molecule has 5 heteroatoms. The van der Waals surface area contributed by atoms with Crippen LogP contribution in [-0.4, -0.2) is 38.8 Å². The van der Waals surface area contributed by atoms with E-state index < -0.39 is 0 Å². The van der Waals surface area contributed by atoms with Crippen molar-refractivity contribution in [3.05, 3.63) is 0 Å². The molecule has 4 nitrogen and oxygen atoms in total. The van der Waals surface area contributed by atoms with Crippen LogP contribution in [0.3, 0.4) is 0 Å². The number of piperidine rings is 1. The van der Waals surface area contributed by atoms with Gasteiger partial charge in [-0.2, -0.15) is 0 Å². The highest BCUT2D eigenvalue weighted by Crippen LogP contribution is 2.15. The minimum atomic E-state index is 0. The van der Waals surface area contributed by atoms with Crippen LogP contribution in [-0.2, 0) is 9.53 Å². The second-order valence-electron chi connectivity index (χ2n) is 3.86. The van der Waals surface area contributed by atoms with Crippen molar-refractivity contribution in [2.24, 2.45) is 5.92 Å². The molecule has 2 N–H and O–H groups in total. The van der Waals surface area contributed by atoms with E-state index in [-0.39, 0.29) is 24.2 Å². The van der Waals surface area contributed by atoms with E-state index in [9.17, 15) is 4.79 Å². The predicted octanol–water partition coefficient (Wildman–Crippen LogP) is 0.559. The summed E-state index contributed by atoms with van der Waals surface area (Å²) in [5, 5.41) is 6.21. The summed E-state index contributed by atoms with van der Waals surface area (Å²) in [4.78, 5) is 11.6. The van der Waals surface area contributed by atoms with Crippen LogP contribution < -0.4 is 10.6 Å². The van der Waals surface area contributed by atoms with E-state index in [1.54, 1.807) is 7.11 Å². The Hall–Kier alpha value is -0.320. The maximum Gasteiger partial charge on any atom is 0.223 e. The van der Waals surface area contributed by atoms with Crippen molar-refractivity contribution in [3.63, 3.8) is 0 Å². The van der Waals surface area contributed by atoms with Gasteiger partial charge < -0.3 is 15.4 Å². The summed E-state index contributed by atoms with van der Waals surface area (Å²) >= 11 is 0. The van der Waals surface area contributed by atoms with E-state index in [1.807, 2.05) is 0 Å². The fourth-order valence-corrected chi connectivity index (χ4v) is 1.79. The average Bonchev–Trinajstić information content (AvgIpc) is 2.18. The topological polar surface area (TPSA) is 50.4 Å². The van der Waals surface area contributed by atoms with E-state index in [2.05, 4.69) is 17.6 Å². The first kappa shape index (κ1) is 14.7. The lowest BCUT2D eigenvalue weighted by Crippen LogP contribution is -2.43. The van der Waals surface area contributed by atoms with E-state index in [0.29, 0.717) is 19.2 Å². The van der Waals surface area contributed by atoms with Gasteiger partial charge in [0.15, 0.2) is 0 Å². The highest BCUT2D eigenvalue weighted by Gasteiger charge is 2.23. The molecular formula is C10H21ClN2O2. The minimum absolute atomic E-state index is 0. The first-order valence-electron chi connectivity index (χ1n) is 5.24. The van der Waals surface area contributed by atoms with Crippen LogP contribution >= 0.6 is 12.4 Å². The van der Waals surface area contributed by atoms with Crippen molar-refractivity contribution < 1.29 is 9.53 Å². The molecule has 0 aromatic carbocycles. The van der Waals surface area contributed by atoms with Gasteiger partial charge in [-0.05, 0) is 26.3 Å². The molecule has 0 aromatic rings. The molecule has 1 fully saturated rings. The Labute approximate surface area is 97.5 Å². The first-order chi connectivity index (χ1) is 6.74. The predicted molar refractivity (Wildman–Crippen MR) is 62.3 cm³/mol. The number of carbonyl (C=O) groups is 1. The van der Waals surface area contributed by atoms with Gasteiger partial charge >= 0.3 is 0 Å². The van der Waals surface area contributed by atoms with Crippen LogP contribution in [0.15, 0.2) is 0 Å². The molecule has 0 radical (unpaired) electrons. The van der Waals surface area contributed by atoms with E-state index in [0.717, 1.165) is 19.4 Å². The van der Waals surface area contributed by atoms with Gasteiger partial charge in [0.1, 0.15) is 0 Å². The fourth-order valence-electron chi connectivity index (χ4n) is 1.79. The molecule has 90 valence electrons. The van der Waals surface area contributed by atoms with Crippen LogP contribution in [0.4, 0.5) is 0 Å². The monoisotopic (exact) mass is 236 g/mol. The van der Waals surface area contributed by atoms with E-state index in [1.165, 1.54) is 0 Å². The van der Waals surface area contributed by atoms with E-state index >= 15 is 0 Å². The van der Waals surface area contributed by atoms with Crippen LogP contribution in [0.5, 0.6) is 0 Å². The summed E-state index contributed by atoms with van der Waals surface area (Å²) in [5.41, 5.74) is 0. The van der Waals surface area contributed by atoms with Crippen molar-refractivity contribution >= 4 is 18.3 Å². The zero-order chi connectivity index (χ0) is 10.4. The number of nitrogens with one attached hydrogen (secondary N) is 2. The summed E-state index contributed by atoms with van der Waals surface area (Å²) in [6.45, 7) is 4.28. The average molecular weight is 237 g/mol.